The second-order valence-corrected chi connectivity index (χ2v) is 10.7. The first-order valence-corrected chi connectivity index (χ1v) is 13.6. The van der Waals surface area contributed by atoms with Crippen LogP contribution in [0.4, 0.5) is 11.4 Å². The third kappa shape index (κ3) is 5.09. The summed E-state index contributed by atoms with van der Waals surface area (Å²) in [5, 5.41) is 4.50. The molecule has 0 saturated heterocycles. The Morgan fingerprint density at radius 1 is 0.973 bits per heavy atom. The van der Waals surface area contributed by atoms with E-state index in [0.717, 1.165) is 33.5 Å². The zero-order valence-corrected chi connectivity index (χ0v) is 22.5. The Balaban J connectivity index is 1.13. The first-order chi connectivity index (χ1) is 18.2. The first-order valence-electron chi connectivity index (χ1n) is 12.5. The number of para-hydroxylation sites is 1. The normalized spacial score (nSPS) is 19.9. The van der Waals surface area contributed by atoms with Gasteiger partial charge in [0.05, 0.1) is 16.2 Å². The second-order valence-electron chi connectivity index (χ2n) is 9.48. The maximum Gasteiger partial charge on any atom is 0.134 e. The molecule has 5 heteroatoms. The molecule has 184 valence electrons. The fourth-order valence-corrected chi connectivity index (χ4v) is 5.98. The molecule has 0 fully saturated rings. The highest BCUT2D eigenvalue weighted by molar-refractivity contribution is 9.10. The molecule has 3 atom stereocenters. The molecule has 2 aliphatic rings. The van der Waals surface area contributed by atoms with Crippen LogP contribution in [0.25, 0.3) is 0 Å². The van der Waals surface area contributed by atoms with Crippen molar-refractivity contribution in [2.45, 2.75) is 25.0 Å². The van der Waals surface area contributed by atoms with Crippen molar-refractivity contribution in [1.82, 2.24) is 0 Å². The van der Waals surface area contributed by atoms with E-state index in [0.29, 0.717) is 29.5 Å². The van der Waals surface area contributed by atoms with Crippen LogP contribution >= 0.6 is 27.5 Å². The zero-order chi connectivity index (χ0) is 25.2. The van der Waals surface area contributed by atoms with Crippen LogP contribution in [0, 0.1) is 5.92 Å². The number of benzene rings is 4. The molecule has 37 heavy (non-hydrogen) atoms. The number of aliphatic imine (C=N–C) groups is 1. The van der Waals surface area contributed by atoms with Crippen molar-refractivity contribution in [3.8, 4) is 5.75 Å². The van der Waals surface area contributed by atoms with E-state index in [2.05, 4.69) is 81.9 Å². The van der Waals surface area contributed by atoms with E-state index in [-0.39, 0.29) is 0 Å². The minimum Gasteiger partial charge on any atom is -0.488 e. The van der Waals surface area contributed by atoms with Crippen molar-refractivity contribution >= 4 is 45.1 Å². The number of nitrogens with zero attached hydrogens (tertiary/aromatic N) is 1. The Bertz CT molecular complexity index is 1480. The van der Waals surface area contributed by atoms with Gasteiger partial charge in [0, 0.05) is 28.4 Å². The van der Waals surface area contributed by atoms with Crippen molar-refractivity contribution in [3.05, 3.63) is 135 Å². The number of fused-ring (bicyclic) bond motifs is 3. The average molecular weight is 570 g/mol. The van der Waals surface area contributed by atoms with Crippen LogP contribution in [0.15, 0.2) is 113 Å². The number of hydrogen-bond acceptors (Lipinski definition) is 3. The van der Waals surface area contributed by atoms with Crippen LogP contribution in [-0.4, -0.2) is 6.21 Å². The number of allylic oxidation sites excluding steroid dienone is 2. The van der Waals surface area contributed by atoms with Crippen LogP contribution < -0.4 is 10.1 Å². The molecule has 1 aliphatic carbocycles. The van der Waals surface area contributed by atoms with E-state index in [1.165, 1.54) is 16.8 Å². The average Bonchev–Trinajstić information content (AvgIpc) is 3.43. The Morgan fingerprint density at radius 2 is 1.78 bits per heavy atom. The molecule has 0 unspecified atom stereocenters. The molecule has 1 N–H and O–H groups in total. The lowest BCUT2D eigenvalue weighted by atomic mass is 9.77. The molecule has 0 amide bonds. The van der Waals surface area contributed by atoms with E-state index < -0.39 is 0 Å². The topological polar surface area (TPSA) is 33.6 Å². The van der Waals surface area contributed by atoms with E-state index in [1.807, 2.05) is 48.7 Å². The molecular formula is C32H26BrClN2O. The van der Waals surface area contributed by atoms with Gasteiger partial charge >= 0.3 is 0 Å². The molecule has 0 saturated carbocycles. The molecule has 0 aromatic heterocycles. The summed E-state index contributed by atoms with van der Waals surface area (Å²) >= 11 is 9.86. The summed E-state index contributed by atoms with van der Waals surface area (Å²) in [6.07, 6.45) is 7.68. The summed E-state index contributed by atoms with van der Waals surface area (Å²) in [5.74, 6) is 1.79. The van der Waals surface area contributed by atoms with Crippen LogP contribution in [-0.2, 0) is 6.61 Å². The Hall–Kier alpha value is -3.34. The lowest BCUT2D eigenvalue weighted by Gasteiger charge is -2.37. The van der Waals surface area contributed by atoms with Crippen molar-refractivity contribution in [3.63, 3.8) is 0 Å². The van der Waals surface area contributed by atoms with Crippen molar-refractivity contribution in [1.29, 1.82) is 0 Å². The summed E-state index contributed by atoms with van der Waals surface area (Å²) in [5.41, 5.74) is 6.83. The molecule has 0 bridgehead atoms. The number of ether oxygens (including phenoxy) is 1. The molecular weight excluding hydrogens is 544 g/mol. The molecule has 6 rings (SSSR count). The third-order valence-corrected chi connectivity index (χ3v) is 8.17. The van der Waals surface area contributed by atoms with Crippen LogP contribution in [0.2, 0.25) is 5.02 Å². The summed E-state index contributed by atoms with van der Waals surface area (Å²) in [4.78, 5) is 4.70. The van der Waals surface area contributed by atoms with Gasteiger partial charge in [-0.1, -0.05) is 72.3 Å². The Morgan fingerprint density at radius 3 is 2.62 bits per heavy atom. The molecule has 4 aromatic carbocycles. The molecule has 1 aliphatic heterocycles. The number of nitrogens with one attached hydrogen (secondary N) is 1. The Labute approximate surface area is 231 Å². The van der Waals surface area contributed by atoms with Gasteiger partial charge in [-0.2, -0.15) is 0 Å². The van der Waals surface area contributed by atoms with Gasteiger partial charge in [-0.3, -0.25) is 4.99 Å². The maximum atomic E-state index is 6.24. The minimum absolute atomic E-state index is 0.294. The van der Waals surface area contributed by atoms with Crippen LogP contribution in [0.3, 0.4) is 0 Å². The fraction of sp³-hybridized carbons (Fsp3) is 0.156. The van der Waals surface area contributed by atoms with Gasteiger partial charge in [0.15, 0.2) is 0 Å². The van der Waals surface area contributed by atoms with Gasteiger partial charge in [-0.25, -0.2) is 0 Å². The smallest absolute Gasteiger partial charge is 0.134 e. The number of halogens is 2. The predicted molar refractivity (Wildman–Crippen MR) is 156 cm³/mol. The SMILES string of the molecule is Clc1ccccc1COc1ccc(C=Nc2ccc([C@@H]3Nc4ccccc4[C@@H]4C=CC[C@H]43)cc2)cc1Br. The minimum atomic E-state index is 0.294. The van der Waals surface area contributed by atoms with E-state index in [9.17, 15) is 0 Å². The van der Waals surface area contributed by atoms with Crippen LogP contribution in [0.5, 0.6) is 5.75 Å². The third-order valence-electron chi connectivity index (χ3n) is 7.18. The van der Waals surface area contributed by atoms with Crippen LogP contribution in [0.1, 0.15) is 40.6 Å². The summed E-state index contributed by atoms with van der Waals surface area (Å²) in [6.45, 7) is 0.414. The van der Waals surface area contributed by atoms with Crippen molar-refractivity contribution in [2.75, 3.05) is 5.32 Å². The summed E-state index contributed by atoms with van der Waals surface area (Å²) in [6, 6.07) is 31.2. The highest BCUT2D eigenvalue weighted by Gasteiger charge is 2.37. The molecule has 0 radical (unpaired) electrons. The first kappa shape index (κ1) is 24.0. The largest absolute Gasteiger partial charge is 0.488 e. The van der Waals surface area contributed by atoms with Crippen molar-refractivity contribution < 1.29 is 4.74 Å². The van der Waals surface area contributed by atoms with E-state index in [4.69, 9.17) is 21.3 Å². The number of rotatable bonds is 6. The molecule has 3 nitrogen and oxygen atoms in total. The molecule has 4 aromatic rings. The predicted octanol–water partition coefficient (Wildman–Crippen LogP) is 9.26. The fourth-order valence-electron chi connectivity index (χ4n) is 5.28. The monoisotopic (exact) mass is 568 g/mol. The van der Waals surface area contributed by atoms with Gasteiger partial charge < -0.3 is 10.1 Å². The number of hydrogen-bond donors (Lipinski definition) is 1. The molecule has 0 spiro atoms. The standard InChI is InChI=1S/C32H26BrClN2O/c33-28-18-21(12-17-31(28)37-20-23-6-1-3-10-29(23)34)19-35-24-15-13-22(14-16-24)32-27-9-5-8-25(27)26-7-2-4-11-30(26)36-32/h1-8,10-19,25,27,32,36H,9,20H2/t25-,27+,32-/m0/s1. The van der Waals surface area contributed by atoms with E-state index in [1.54, 1.807) is 0 Å². The maximum absolute atomic E-state index is 6.24. The second kappa shape index (κ2) is 10.6. The highest BCUT2D eigenvalue weighted by atomic mass is 79.9. The zero-order valence-electron chi connectivity index (χ0n) is 20.1. The van der Waals surface area contributed by atoms with E-state index >= 15 is 0 Å². The summed E-state index contributed by atoms with van der Waals surface area (Å²) < 4.78 is 6.83. The van der Waals surface area contributed by atoms with Gasteiger partial charge in [0.25, 0.3) is 0 Å². The van der Waals surface area contributed by atoms with Crippen molar-refractivity contribution in [2.24, 2.45) is 10.9 Å². The quantitative estimate of drug-likeness (QED) is 0.185. The lowest BCUT2D eigenvalue weighted by Crippen LogP contribution is -2.28. The summed E-state index contributed by atoms with van der Waals surface area (Å²) in [7, 11) is 0. The number of anilines is 1. The van der Waals surface area contributed by atoms with Gasteiger partial charge in [0.1, 0.15) is 12.4 Å². The highest BCUT2D eigenvalue weighted by Crippen LogP contribution is 2.49. The van der Waals surface area contributed by atoms with Gasteiger partial charge in [0.2, 0.25) is 0 Å². The molecule has 1 heterocycles. The van der Waals surface area contributed by atoms with Gasteiger partial charge in [-0.15, -0.1) is 0 Å². The van der Waals surface area contributed by atoms with Gasteiger partial charge in [-0.05, 0) is 87.4 Å². The lowest BCUT2D eigenvalue weighted by molar-refractivity contribution is 0.304. The Kier molecular flexibility index (Phi) is 6.86.